The number of carbonyl (C=O) groups is 2. The molecule has 0 radical (unpaired) electrons. The van der Waals surface area contributed by atoms with Gasteiger partial charge in [-0.25, -0.2) is 0 Å². The minimum atomic E-state index is -0.363. The summed E-state index contributed by atoms with van der Waals surface area (Å²) in [5.74, 6) is -0.363. The van der Waals surface area contributed by atoms with Crippen LogP contribution < -0.4 is 10.9 Å². The van der Waals surface area contributed by atoms with E-state index in [0.29, 0.717) is 6.41 Å². The maximum Gasteiger partial charge on any atom is 0.262 e. The first-order valence-corrected chi connectivity index (χ1v) is 4.46. The lowest BCUT2D eigenvalue weighted by atomic mass is 10.3. The second-order valence-electron chi connectivity index (χ2n) is 2.14. The lowest BCUT2D eigenvalue weighted by Gasteiger charge is -1.95. The fourth-order valence-electron chi connectivity index (χ4n) is 0.684. The van der Waals surface area contributed by atoms with Crippen LogP contribution in [0.5, 0.6) is 0 Å². The maximum absolute atomic E-state index is 10.9. The van der Waals surface area contributed by atoms with E-state index in [1.807, 2.05) is 22.3 Å². The van der Waals surface area contributed by atoms with E-state index in [2.05, 4.69) is 5.43 Å². The van der Waals surface area contributed by atoms with Gasteiger partial charge < -0.3 is 0 Å². The second-order valence-corrected chi connectivity index (χ2v) is 2.92. The molecule has 0 unspecified atom stereocenters. The summed E-state index contributed by atoms with van der Waals surface area (Å²) in [5.41, 5.74) is 5.17. The third-order valence-corrected chi connectivity index (χ3v) is 1.93. The van der Waals surface area contributed by atoms with Crippen LogP contribution in [-0.2, 0) is 9.59 Å². The Labute approximate surface area is 79.2 Å². The summed E-state index contributed by atoms with van der Waals surface area (Å²) in [4.78, 5) is 20.7. The van der Waals surface area contributed by atoms with Crippen molar-refractivity contribution in [2.45, 2.75) is 0 Å². The number of hydrogen-bond donors (Lipinski definition) is 2. The molecule has 0 bridgehead atoms. The average Bonchev–Trinajstić information content (AvgIpc) is 2.64. The Hall–Kier alpha value is -1.62. The molecule has 0 spiro atoms. The minimum Gasteiger partial charge on any atom is -0.277 e. The van der Waals surface area contributed by atoms with Crippen molar-refractivity contribution in [3.8, 4) is 0 Å². The molecule has 5 heteroatoms. The van der Waals surface area contributed by atoms with Crippen molar-refractivity contribution >= 4 is 29.7 Å². The predicted molar refractivity (Wildman–Crippen MR) is 50.7 cm³/mol. The Morgan fingerprint density at radius 2 is 2.38 bits per heavy atom. The highest BCUT2D eigenvalue weighted by Gasteiger charge is 1.91. The molecule has 2 N–H and O–H groups in total. The highest BCUT2D eigenvalue weighted by molar-refractivity contribution is 7.08. The van der Waals surface area contributed by atoms with E-state index in [4.69, 9.17) is 0 Å². The first-order chi connectivity index (χ1) is 6.33. The first-order valence-electron chi connectivity index (χ1n) is 3.52. The van der Waals surface area contributed by atoms with Crippen molar-refractivity contribution in [2.75, 3.05) is 0 Å². The van der Waals surface area contributed by atoms with Gasteiger partial charge in [0.2, 0.25) is 6.41 Å². The normalized spacial score (nSPS) is 9.85. The van der Waals surface area contributed by atoms with E-state index in [0.717, 1.165) is 5.56 Å². The van der Waals surface area contributed by atoms with Gasteiger partial charge in [0.15, 0.2) is 0 Å². The van der Waals surface area contributed by atoms with E-state index in [-0.39, 0.29) is 5.91 Å². The smallest absolute Gasteiger partial charge is 0.262 e. The molecule has 1 aromatic heterocycles. The Kier molecular flexibility index (Phi) is 3.72. The molecular weight excluding hydrogens is 188 g/mol. The van der Waals surface area contributed by atoms with E-state index in [9.17, 15) is 9.59 Å². The average molecular weight is 196 g/mol. The molecule has 1 heterocycles. The van der Waals surface area contributed by atoms with Crippen molar-refractivity contribution in [1.82, 2.24) is 10.9 Å². The monoisotopic (exact) mass is 196 g/mol. The van der Waals surface area contributed by atoms with Crippen LogP contribution in [0.3, 0.4) is 0 Å². The van der Waals surface area contributed by atoms with Crippen LogP contribution in [0.25, 0.3) is 6.08 Å². The van der Waals surface area contributed by atoms with Gasteiger partial charge in [0.1, 0.15) is 0 Å². The Morgan fingerprint density at radius 3 is 3.00 bits per heavy atom. The number of nitrogens with one attached hydrogen (secondary N) is 2. The summed E-state index contributed by atoms with van der Waals surface area (Å²) < 4.78 is 0. The molecule has 0 aromatic carbocycles. The molecule has 13 heavy (non-hydrogen) atoms. The molecule has 4 nitrogen and oxygen atoms in total. The summed E-state index contributed by atoms with van der Waals surface area (Å²) in [6.45, 7) is 0. The van der Waals surface area contributed by atoms with Crippen molar-refractivity contribution < 1.29 is 9.59 Å². The van der Waals surface area contributed by atoms with Gasteiger partial charge in [0, 0.05) is 6.08 Å². The Balaban J connectivity index is 2.39. The fraction of sp³-hybridized carbons (Fsp3) is 0. The van der Waals surface area contributed by atoms with E-state index in [1.165, 1.54) is 6.08 Å². The number of hydrogen-bond acceptors (Lipinski definition) is 3. The van der Waals surface area contributed by atoms with Crippen LogP contribution in [0.4, 0.5) is 0 Å². The molecule has 0 fully saturated rings. The van der Waals surface area contributed by atoms with Gasteiger partial charge in [0.05, 0.1) is 0 Å². The standard InChI is InChI=1S/C8H8N2O2S/c11-6-9-10-8(12)2-1-7-3-4-13-5-7/h1-6H,(H,9,11)(H,10,12)/b2-1+. The Bertz CT molecular complexity index is 306. The van der Waals surface area contributed by atoms with Crippen molar-refractivity contribution in [3.63, 3.8) is 0 Å². The number of amides is 2. The van der Waals surface area contributed by atoms with Crippen molar-refractivity contribution in [3.05, 3.63) is 28.5 Å². The van der Waals surface area contributed by atoms with Gasteiger partial charge in [-0.15, -0.1) is 0 Å². The molecule has 0 saturated carbocycles. The van der Waals surface area contributed by atoms with Crippen LogP contribution in [0.2, 0.25) is 0 Å². The molecule has 0 atom stereocenters. The predicted octanol–water partition coefficient (Wildman–Crippen LogP) is 0.538. The molecule has 0 aliphatic heterocycles. The molecular formula is C8H8N2O2S. The largest absolute Gasteiger partial charge is 0.277 e. The zero-order chi connectivity index (χ0) is 9.52. The van der Waals surface area contributed by atoms with E-state index < -0.39 is 0 Å². The van der Waals surface area contributed by atoms with E-state index in [1.54, 1.807) is 17.4 Å². The van der Waals surface area contributed by atoms with Gasteiger partial charge in [-0.2, -0.15) is 11.3 Å². The van der Waals surface area contributed by atoms with Crippen LogP contribution in [-0.4, -0.2) is 12.3 Å². The third kappa shape index (κ3) is 3.53. The van der Waals surface area contributed by atoms with Crippen molar-refractivity contribution in [2.24, 2.45) is 0 Å². The van der Waals surface area contributed by atoms with Gasteiger partial charge in [0.25, 0.3) is 5.91 Å². The molecule has 68 valence electrons. The van der Waals surface area contributed by atoms with Crippen molar-refractivity contribution in [1.29, 1.82) is 0 Å². The zero-order valence-corrected chi connectivity index (χ0v) is 7.51. The molecule has 0 saturated heterocycles. The number of hydrazine groups is 1. The summed E-state index contributed by atoms with van der Waals surface area (Å²) in [5, 5.41) is 3.83. The van der Waals surface area contributed by atoms with Gasteiger partial charge >= 0.3 is 0 Å². The highest BCUT2D eigenvalue weighted by atomic mass is 32.1. The van der Waals surface area contributed by atoms with Gasteiger partial charge in [-0.05, 0) is 28.5 Å². The molecule has 0 aliphatic rings. The molecule has 0 aliphatic carbocycles. The maximum atomic E-state index is 10.9. The topological polar surface area (TPSA) is 58.2 Å². The van der Waals surface area contributed by atoms with Crippen LogP contribution in [0.1, 0.15) is 5.56 Å². The number of rotatable bonds is 4. The van der Waals surface area contributed by atoms with Crippen LogP contribution >= 0.6 is 11.3 Å². The summed E-state index contributed by atoms with van der Waals surface area (Å²) in [6.07, 6.45) is 3.41. The number of carbonyl (C=O) groups excluding carboxylic acids is 2. The Morgan fingerprint density at radius 1 is 1.54 bits per heavy atom. The quantitative estimate of drug-likeness (QED) is 0.419. The third-order valence-electron chi connectivity index (χ3n) is 1.22. The summed E-state index contributed by atoms with van der Waals surface area (Å²) in [7, 11) is 0. The van der Waals surface area contributed by atoms with Gasteiger partial charge in [-0.3, -0.25) is 20.4 Å². The zero-order valence-electron chi connectivity index (χ0n) is 6.69. The minimum absolute atomic E-state index is 0.363. The SMILES string of the molecule is O=CNNC(=O)/C=C/c1ccsc1. The summed E-state index contributed by atoms with van der Waals surface area (Å²) in [6, 6.07) is 1.89. The summed E-state index contributed by atoms with van der Waals surface area (Å²) >= 11 is 1.55. The molecule has 2 amide bonds. The fourth-order valence-corrected chi connectivity index (χ4v) is 1.31. The number of thiophene rings is 1. The van der Waals surface area contributed by atoms with E-state index >= 15 is 0 Å². The highest BCUT2D eigenvalue weighted by Crippen LogP contribution is 2.06. The lowest BCUT2D eigenvalue weighted by Crippen LogP contribution is -2.34. The first kappa shape index (κ1) is 9.47. The second kappa shape index (κ2) is 5.10. The lowest BCUT2D eigenvalue weighted by molar-refractivity contribution is -0.120. The van der Waals surface area contributed by atoms with Gasteiger partial charge in [-0.1, -0.05) is 0 Å². The van der Waals surface area contributed by atoms with Crippen LogP contribution in [0.15, 0.2) is 22.9 Å². The van der Waals surface area contributed by atoms with Crippen LogP contribution in [0, 0.1) is 0 Å². The molecule has 1 rings (SSSR count). The molecule has 1 aromatic rings.